The molecule has 1 aliphatic rings. The second-order valence-electron chi connectivity index (χ2n) is 5.02. The fraction of sp³-hybridized carbons (Fsp3) is 0.294. The van der Waals surface area contributed by atoms with Crippen molar-refractivity contribution in [1.82, 2.24) is 5.32 Å². The minimum Gasteiger partial charge on any atom is -0.314 e. The van der Waals surface area contributed by atoms with E-state index in [1.54, 1.807) is 0 Å². The highest BCUT2D eigenvalue weighted by molar-refractivity contribution is 5.67. The van der Waals surface area contributed by atoms with E-state index in [1.807, 2.05) is 0 Å². The van der Waals surface area contributed by atoms with Gasteiger partial charge in [0.1, 0.15) is 0 Å². The molecule has 0 radical (unpaired) electrons. The van der Waals surface area contributed by atoms with Crippen LogP contribution in [0.15, 0.2) is 54.6 Å². The average Bonchev–Trinajstić information content (AvgIpc) is 2.93. The van der Waals surface area contributed by atoms with Crippen molar-refractivity contribution in [2.75, 3.05) is 6.54 Å². The summed E-state index contributed by atoms with van der Waals surface area (Å²) in [6, 6.07) is 20.1. The van der Waals surface area contributed by atoms with E-state index < -0.39 is 0 Å². The van der Waals surface area contributed by atoms with Gasteiger partial charge in [0.05, 0.1) is 0 Å². The number of benzene rings is 2. The number of rotatable bonds is 3. The third-order valence-electron chi connectivity index (χ3n) is 3.73. The van der Waals surface area contributed by atoms with Gasteiger partial charge in [-0.1, -0.05) is 54.6 Å². The first-order valence-corrected chi connectivity index (χ1v) is 6.80. The van der Waals surface area contributed by atoms with Crippen molar-refractivity contribution in [3.05, 3.63) is 60.2 Å². The molecule has 1 heteroatoms. The average molecular weight is 237 g/mol. The Hall–Kier alpha value is -1.60. The molecule has 2 aromatic carbocycles. The van der Waals surface area contributed by atoms with Crippen molar-refractivity contribution in [3.8, 4) is 11.1 Å². The highest BCUT2D eigenvalue weighted by atomic mass is 14.9. The van der Waals surface area contributed by atoms with Gasteiger partial charge >= 0.3 is 0 Å². The third-order valence-corrected chi connectivity index (χ3v) is 3.73. The van der Waals surface area contributed by atoms with E-state index in [-0.39, 0.29) is 0 Å². The molecule has 0 aromatic heterocycles. The van der Waals surface area contributed by atoms with Crippen molar-refractivity contribution < 1.29 is 0 Å². The van der Waals surface area contributed by atoms with Crippen LogP contribution >= 0.6 is 0 Å². The van der Waals surface area contributed by atoms with E-state index >= 15 is 0 Å². The summed E-state index contributed by atoms with van der Waals surface area (Å²) in [5.41, 5.74) is 4.17. The molecule has 0 saturated carbocycles. The zero-order valence-electron chi connectivity index (χ0n) is 10.6. The summed E-state index contributed by atoms with van der Waals surface area (Å²) in [5.74, 6) is 0. The molecule has 1 aliphatic heterocycles. The molecule has 1 nitrogen and oxygen atoms in total. The quantitative estimate of drug-likeness (QED) is 0.859. The summed E-state index contributed by atoms with van der Waals surface area (Å²) < 4.78 is 0. The minimum atomic E-state index is 0.662. The summed E-state index contributed by atoms with van der Waals surface area (Å²) in [6.45, 7) is 1.18. The SMILES string of the molecule is c1ccc(-c2ccccc2CC2CCCN2)cc1. The van der Waals surface area contributed by atoms with Gasteiger partial charge in [0.25, 0.3) is 0 Å². The molecule has 1 atom stereocenters. The predicted octanol–water partition coefficient (Wildman–Crippen LogP) is 3.65. The fourth-order valence-corrected chi connectivity index (χ4v) is 2.79. The zero-order chi connectivity index (χ0) is 12.2. The summed E-state index contributed by atoms with van der Waals surface area (Å²) in [6.07, 6.45) is 3.77. The first-order chi connectivity index (χ1) is 8.93. The lowest BCUT2D eigenvalue weighted by atomic mass is 9.95. The molecule has 1 fully saturated rings. The van der Waals surface area contributed by atoms with E-state index in [9.17, 15) is 0 Å². The van der Waals surface area contributed by atoms with Gasteiger partial charge in [0, 0.05) is 6.04 Å². The lowest BCUT2D eigenvalue weighted by molar-refractivity contribution is 0.604. The molecule has 0 spiro atoms. The van der Waals surface area contributed by atoms with E-state index in [2.05, 4.69) is 59.9 Å². The second-order valence-corrected chi connectivity index (χ2v) is 5.02. The van der Waals surface area contributed by atoms with Crippen LogP contribution in [-0.4, -0.2) is 12.6 Å². The van der Waals surface area contributed by atoms with Crippen LogP contribution in [0.3, 0.4) is 0 Å². The second kappa shape index (κ2) is 5.36. The van der Waals surface area contributed by atoms with Gasteiger partial charge in [-0.25, -0.2) is 0 Å². The number of nitrogens with one attached hydrogen (secondary N) is 1. The molecule has 3 rings (SSSR count). The summed E-state index contributed by atoms with van der Waals surface area (Å²) in [7, 11) is 0. The monoisotopic (exact) mass is 237 g/mol. The van der Waals surface area contributed by atoms with Gasteiger partial charge in [0.15, 0.2) is 0 Å². The molecule has 18 heavy (non-hydrogen) atoms. The van der Waals surface area contributed by atoms with Crippen LogP contribution < -0.4 is 5.32 Å². The maximum absolute atomic E-state index is 3.58. The molecule has 0 amide bonds. The Morgan fingerprint density at radius 3 is 2.50 bits per heavy atom. The van der Waals surface area contributed by atoms with Gasteiger partial charge in [-0.05, 0) is 42.5 Å². The van der Waals surface area contributed by atoms with Crippen molar-refractivity contribution in [2.45, 2.75) is 25.3 Å². The van der Waals surface area contributed by atoms with Crippen LogP contribution in [-0.2, 0) is 6.42 Å². The van der Waals surface area contributed by atoms with Gasteiger partial charge in [-0.3, -0.25) is 0 Å². The largest absolute Gasteiger partial charge is 0.314 e. The molecule has 92 valence electrons. The van der Waals surface area contributed by atoms with E-state index in [4.69, 9.17) is 0 Å². The van der Waals surface area contributed by atoms with E-state index in [0.717, 1.165) is 6.42 Å². The fourth-order valence-electron chi connectivity index (χ4n) is 2.79. The summed E-state index contributed by atoms with van der Waals surface area (Å²) >= 11 is 0. The molecule has 1 unspecified atom stereocenters. The van der Waals surface area contributed by atoms with Crippen molar-refractivity contribution in [3.63, 3.8) is 0 Å². The summed E-state index contributed by atoms with van der Waals surface area (Å²) in [4.78, 5) is 0. The van der Waals surface area contributed by atoms with Crippen LogP contribution in [0.25, 0.3) is 11.1 Å². The van der Waals surface area contributed by atoms with Gasteiger partial charge in [-0.15, -0.1) is 0 Å². The standard InChI is InChI=1S/C17H19N/c1-2-7-14(8-3-1)17-11-5-4-9-15(17)13-16-10-6-12-18-16/h1-5,7-9,11,16,18H,6,10,12-13H2. The van der Waals surface area contributed by atoms with Crippen molar-refractivity contribution in [2.24, 2.45) is 0 Å². The normalized spacial score (nSPS) is 19.0. The van der Waals surface area contributed by atoms with Crippen LogP contribution in [0.4, 0.5) is 0 Å². The molecule has 0 aliphatic carbocycles. The number of hydrogen-bond donors (Lipinski definition) is 1. The smallest absolute Gasteiger partial charge is 0.0108 e. The van der Waals surface area contributed by atoms with Gasteiger partial charge in [-0.2, -0.15) is 0 Å². The maximum Gasteiger partial charge on any atom is 0.0108 e. The highest BCUT2D eigenvalue weighted by Crippen LogP contribution is 2.25. The van der Waals surface area contributed by atoms with Crippen molar-refractivity contribution >= 4 is 0 Å². The Bertz CT molecular complexity index is 498. The van der Waals surface area contributed by atoms with E-state index in [1.165, 1.54) is 36.1 Å². The zero-order valence-corrected chi connectivity index (χ0v) is 10.6. The lowest BCUT2D eigenvalue weighted by Gasteiger charge is -2.14. The van der Waals surface area contributed by atoms with Crippen LogP contribution in [0, 0.1) is 0 Å². The Morgan fingerprint density at radius 1 is 0.944 bits per heavy atom. The molecule has 2 aromatic rings. The topological polar surface area (TPSA) is 12.0 Å². The molecular weight excluding hydrogens is 218 g/mol. The Balaban J connectivity index is 1.90. The predicted molar refractivity (Wildman–Crippen MR) is 76.6 cm³/mol. The van der Waals surface area contributed by atoms with Gasteiger partial charge < -0.3 is 5.32 Å². The number of hydrogen-bond acceptors (Lipinski definition) is 1. The van der Waals surface area contributed by atoms with Crippen LogP contribution in [0.2, 0.25) is 0 Å². The molecule has 1 heterocycles. The minimum absolute atomic E-state index is 0.662. The molecule has 0 bridgehead atoms. The highest BCUT2D eigenvalue weighted by Gasteiger charge is 2.16. The van der Waals surface area contributed by atoms with E-state index in [0.29, 0.717) is 6.04 Å². The van der Waals surface area contributed by atoms with Crippen LogP contribution in [0.1, 0.15) is 18.4 Å². The van der Waals surface area contributed by atoms with Gasteiger partial charge in [0.2, 0.25) is 0 Å². The Kier molecular flexibility index (Phi) is 3.42. The van der Waals surface area contributed by atoms with Crippen molar-refractivity contribution in [1.29, 1.82) is 0 Å². The first-order valence-electron chi connectivity index (χ1n) is 6.80. The molecule has 1 N–H and O–H groups in total. The lowest BCUT2D eigenvalue weighted by Crippen LogP contribution is -2.23. The molecule has 1 saturated heterocycles. The first kappa shape index (κ1) is 11.5. The molecular formula is C17H19N. The third kappa shape index (κ3) is 2.46. The Labute approximate surface area is 109 Å². The Morgan fingerprint density at radius 2 is 1.72 bits per heavy atom. The van der Waals surface area contributed by atoms with Crippen LogP contribution in [0.5, 0.6) is 0 Å². The summed E-state index contributed by atoms with van der Waals surface area (Å²) in [5, 5.41) is 3.58. The maximum atomic E-state index is 3.58.